The van der Waals surface area contributed by atoms with Crippen LogP contribution in [0.15, 0.2) is 47.4 Å². The van der Waals surface area contributed by atoms with E-state index in [2.05, 4.69) is 5.32 Å². The molecule has 2 aromatic carbocycles. The highest BCUT2D eigenvalue weighted by molar-refractivity contribution is 7.89. The molecule has 2 aromatic rings. The topological polar surface area (TPSA) is 66.5 Å². The van der Waals surface area contributed by atoms with Crippen LogP contribution >= 0.6 is 0 Å². The minimum atomic E-state index is -3.81. The molecule has 1 aliphatic heterocycles. The van der Waals surface area contributed by atoms with Crippen molar-refractivity contribution >= 4 is 21.6 Å². The second-order valence-electron chi connectivity index (χ2n) is 6.60. The van der Waals surface area contributed by atoms with Crippen LogP contribution < -0.4 is 5.32 Å². The molecule has 1 fully saturated rings. The molecule has 1 saturated heterocycles. The lowest BCUT2D eigenvalue weighted by Crippen LogP contribution is -2.43. The Morgan fingerprint density at radius 3 is 2.48 bits per heavy atom. The fourth-order valence-electron chi connectivity index (χ4n) is 3.09. The number of nitrogens with one attached hydrogen (secondary N) is 1. The molecule has 1 heterocycles. The zero-order valence-electron chi connectivity index (χ0n) is 14.8. The molecule has 1 N–H and O–H groups in total. The Hall–Kier alpha value is -2.32. The van der Waals surface area contributed by atoms with Gasteiger partial charge < -0.3 is 5.32 Å². The molecule has 1 atom stereocenters. The van der Waals surface area contributed by atoms with Crippen molar-refractivity contribution in [2.24, 2.45) is 5.92 Å². The van der Waals surface area contributed by atoms with E-state index in [0.717, 1.165) is 17.7 Å². The van der Waals surface area contributed by atoms with E-state index in [9.17, 15) is 22.0 Å². The lowest BCUT2D eigenvalue weighted by Gasteiger charge is -2.31. The van der Waals surface area contributed by atoms with Crippen LogP contribution in [-0.4, -0.2) is 31.7 Å². The number of nitrogens with zero attached hydrogens (tertiary/aromatic N) is 1. The number of sulfonamides is 1. The molecule has 0 aliphatic carbocycles. The first-order valence-electron chi connectivity index (χ1n) is 8.60. The summed E-state index contributed by atoms with van der Waals surface area (Å²) in [5.74, 6) is -1.87. The van der Waals surface area contributed by atoms with E-state index >= 15 is 0 Å². The average Bonchev–Trinajstić information content (AvgIpc) is 2.65. The van der Waals surface area contributed by atoms with Gasteiger partial charge in [-0.1, -0.05) is 6.07 Å². The number of aryl methyl sites for hydroxylation is 1. The Kier molecular flexibility index (Phi) is 5.57. The molecule has 144 valence electrons. The van der Waals surface area contributed by atoms with Crippen LogP contribution in [0.3, 0.4) is 0 Å². The van der Waals surface area contributed by atoms with E-state index in [0.29, 0.717) is 25.1 Å². The third-order valence-electron chi connectivity index (χ3n) is 4.66. The fraction of sp³-hybridized carbons (Fsp3) is 0.316. The summed E-state index contributed by atoms with van der Waals surface area (Å²) in [7, 11) is -3.81. The van der Waals surface area contributed by atoms with E-state index in [1.54, 1.807) is 13.0 Å². The average molecular weight is 394 g/mol. The molecule has 5 nitrogen and oxygen atoms in total. The molecule has 3 rings (SSSR count). The molecule has 0 aromatic heterocycles. The van der Waals surface area contributed by atoms with Gasteiger partial charge in [0.1, 0.15) is 11.6 Å². The van der Waals surface area contributed by atoms with E-state index < -0.39 is 27.6 Å². The lowest BCUT2D eigenvalue weighted by molar-refractivity contribution is -0.120. The number of anilines is 1. The molecule has 0 spiro atoms. The van der Waals surface area contributed by atoms with Gasteiger partial charge in [-0.3, -0.25) is 4.79 Å². The van der Waals surface area contributed by atoms with Crippen molar-refractivity contribution in [3.05, 3.63) is 59.7 Å². The van der Waals surface area contributed by atoms with Gasteiger partial charge in [0.05, 0.1) is 10.8 Å². The Balaban J connectivity index is 1.74. The van der Waals surface area contributed by atoms with Crippen LogP contribution in [0.25, 0.3) is 0 Å². The molecular weight excluding hydrogens is 374 g/mol. The third-order valence-corrected chi connectivity index (χ3v) is 6.54. The van der Waals surface area contributed by atoms with Crippen LogP contribution in [0.5, 0.6) is 0 Å². The number of halogens is 2. The zero-order chi connectivity index (χ0) is 19.6. The number of amides is 1. The maximum absolute atomic E-state index is 13.4. The number of rotatable bonds is 4. The van der Waals surface area contributed by atoms with Crippen LogP contribution in [0.4, 0.5) is 14.5 Å². The Bertz CT molecular complexity index is 946. The maximum atomic E-state index is 13.4. The Labute approximate surface area is 157 Å². The smallest absolute Gasteiger partial charge is 0.243 e. The van der Waals surface area contributed by atoms with Gasteiger partial charge in [-0.25, -0.2) is 17.2 Å². The fourth-order valence-corrected chi connectivity index (χ4v) is 4.62. The number of benzene rings is 2. The van der Waals surface area contributed by atoms with Crippen LogP contribution in [0.1, 0.15) is 18.4 Å². The number of carbonyl (C=O) groups excluding carboxylic acids is 1. The van der Waals surface area contributed by atoms with E-state index in [1.807, 2.05) is 0 Å². The van der Waals surface area contributed by atoms with Crippen molar-refractivity contribution in [3.8, 4) is 0 Å². The largest absolute Gasteiger partial charge is 0.325 e. The van der Waals surface area contributed by atoms with Crippen LogP contribution in [0.2, 0.25) is 0 Å². The highest BCUT2D eigenvalue weighted by Gasteiger charge is 2.33. The van der Waals surface area contributed by atoms with Crippen LogP contribution in [-0.2, 0) is 14.8 Å². The summed E-state index contributed by atoms with van der Waals surface area (Å²) in [5, 5.41) is 2.69. The summed E-state index contributed by atoms with van der Waals surface area (Å²) >= 11 is 0. The van der Waals surface area contributed by atoms with E-state index in [1.165, 1.54) is 28.6 Å². The molecule has 0 unspecified atom stereocenters. The molecule has 8 heteroatoms. The first-order valence-corrected chi connectivity index (χ1v) is 10.0. The maximum Gasteiger partial charge on any atom is 0.243 e. The van der Waals surface area contributed by atoms with Crippen molar-refractivity contribution in [2.75, 3.05) is 18.4 Å². The van der Waals surface area contributed by atoms with Crippen molar-refractivity contribution < 1.29 is 22.0 Å². The predicted octanol–water partition coefficient (Wildman–Crippen LogP) is 3.31. The lowest BCUT2D eigenvalue weighted by atomic mass is 9.98. The molecule has 1 aliphatic rings. The standard InChI is InChI=1S/C19H20F2N2O3S/c1-13-4-5-16(21)11-18(13)22-19(24)14-3-2-10-23(12-14)27(25,26)17-8-6-15(20)7-9-17/h4-9,11,14H,2-3,10,12H2,1H3,(H,22,24)/t14-/m1/s1. The summed E-state index contributed by atoms with van der Waals surface area (Å²) in [6.07, 6.45) is 1.07. The first-order chi connectivity index (χ1) is 12.8. The van der Waals surface area contributed by atoms with Gasteiger partial charge in [0.2, 0.25) is 15.9 Å². The van der Waals surface area contributed by atoms with Gasteiger partial charge in [0.25, 0.3) is 0 Å². The van der Waals surface area contributed by atoms with E-state index in [4.69, 9.17) is 0 Å². The highest BCUT2D eigenvalue weighted by Crippen LogP contribution is 2.25. The quantitative estimate of drug-likeness (QED) is 0.865. The van der Waals surface area contributed by atoms with Gasteiger partial charge in [-0.05, 0) is 61.7 Å². The summed E-state index contributed by atoms with van der Waals surface area (Å²) in [5.41, 5.74) is 1.09. The van der Waals surface area contributed by atoms with Crippen molar-refractivity contribution in [1.29, 1.82) is 0 Å². The number of piperidine rings is 1. The molecule has 0 saturated carbocycles. The van der Waals surface area contributed by atoms with Gasteiger partial charge in [-0.15, -0.1) is 0 Å². The molecule has 0 radical (unpaired) electrons. The van der Waals surface area contributed by atoms with Gasteiger partial charge >= 0.3 is 0 Å². The predicted molar refractivity (Wildman–Crippen MR) is 97.6 cm³/mol. The first kappa shape index (κ1) is 19.4. The minimum Gasteiger partial charge on any atom is -0.325 e. The SMILES string of the molecule is Cc1ccc(F)cc1NC(=O)[C@@H]1CCCN(S(=O)(=O)c2ccc(F)cc2)C1. The minimum absolute atomic E-state index is 0.00840. The van der Waals surface area contributed by atoms with Gasteiger partial charge in [0, 0.05) is 18.8 Å². The number of carbonyl (C=O) groups is 1. The van der Waals surface area contributed by atoms with Crippen LogP contribution in [0, 0.1) is 24.5 Å². The molecule has 1 amide bonds. The number of hydrogen-bond acceptors (Lipinski definition) is 3. The molecular formula is C19H20F2N2O3S. The van der Waals surface area contributed by atoms with Gasteiger partial charge in [-0.2, -0.15) is 4.31 Å². The monoisotopic (exact) mass is 394 g/mol. The van der Waals surface area contributed by atoms with Crippen molar-refractivity contribution in [1.82, 2.24) is 4.31 Å². The highest BCUT2D eigenvalue weighted by atomic mass is 32.2. The van der Waals surface area contributed by atoms with Crippen molar-refractivity contribution in [3.63, 3.8) is 0 Å². The normalized spacial score (nSPS) is 18.3. The Morgan fingerprint density at radius 1 is 1.11 bits per heavy atom. The summed E-state index contributed by atoms with van der Waals surface area (Å²) < 4.78 is 53.2. The summed E-state index contributed by atoms with van der Waals surface area (Å²) in [4.78, 5) is 12.6. The van der Waals surface area contributed by atoms with Crippen molar-refractivity contribution in [2.45, 2.75) is 24.7 Å². The molecule has 0 bridgehead atoms. The Morgan fingerprint density at radius 2 is 1.78 bits per heavy atom. The number of hydrogen-bond donors (Lipinski definition) is 1. The van der Waals surface area contributed by atoms with E-state index in [-0.39, 0.29) is 17.3 Å². The summed E-state index contributed by atoms with van der Waals surface area (Å²) in [6, 6.07) is 8.72. The molecule has 27 heavy (non-hydrogen) atoms. The van der Waals surface area contributed by atoms with Gasteiger partial charge in [0.15, 0.2) is 0 Å². The second-order valence-corrected chi connectivity index (χ2v) is 8.54. The third kappa shape index (κ3) is 4.33. The summed E-state index contributed by atoms with van der Waals surface area (Å²) in [6.45, 7) is 2.07. The second kappa shape index (κ2) is 7.74. The zero-order valence-corrected chi connectivity index (χ0v) is 15.6.